The highest BCUT2D eigenvalue weighted by Crippen LogP contribution is 2.33. The molecule has 168 valence electrons. The zero-order chi connectivity index (χ0) is 23.4. The van der Waals surface area contributed by atoms with Crippen molar-refractivity contribution >= 4 is 22.6 Å². The standard InChI is InChI=1S/C26H25N3O4/c1-16-3-5-17(6-4-16)7-8-18-15-28-26(33-12-11-19-9-10-24(30)29-19)21-14-23(32-2)22(25(27)31)13-20(18)21/h3-6,13-15,19H,9-12H2,1-2H3,(H2,27,31)(H,29,30)/t19-/m0/s1. The third-order valence-electron chi connectivity index (χ3n) is 5.62. The van der Waals surface area contributed by atoms with Crippen molar-refractivity contribution in [3.05, 3.63) is 64.8 Å². The summed E-state index contributed by atoms with van der Waals surface area (Å²) >= 11 is 0. The van der Waals surface area contributed by atoms with E-state index < -0.39 is 5.91 Å². The van der Waals surface area contributed by atoms with Crippen LogP contribution < -0.4 is 20.5 Å². The van der Waals surface area contributed by atoms with Crippen molar-refractivity contribution in [1.82, 2.24) is 10.3 Å². The van der Waals surface area contributed by atoms with Gasteiger partial charge in [0.05, 0.1) is 24.8 Å². The molecule has 7 heteroatoms. The van der Waals surface area contributed by atoms with E-state index in [1.54, 1.807) is 18.3 Å². The fourth-order valence-electron chi connectivity index (χ4n) is 3.79. The molecular formula is C26H25N3O4. The van der Waals surface area contributed by atoms with Crippen molar-refractivity contribution in [2.75, 3.05) is 13.7 Å². The van der Waals surface area contributed by atoms with Gasteiger partial charge in [-0.15, -0.1) is 0 Å². The van der Waals surface area contributed by atoms with E-state index in [0.717, 1.165) is 17.5 Å². The van der Waals surface area contributed by atoms with Crippen LogP contribution in [-0.2, 0) is 4.79 Å². The Morgan fingerprint density at radius 1 is 1.21 bits per heavy atom. The molecule has 0 unspecified atom stereocenters. The Kier molecular flexibility index (Phi) is 6.45. The van der Waals surface area contributed by atoms with Crippen LogP contribution in [0.3, 0.4) is 0 Å². The summed E-state index contributed by atoms with van der Waals surface area (Å²) in [6.45, 7) is 2.41. The molecule has 33 heavy (non-hydrogen) atoms. The van der Waals surface area contributed by atoms with Crippen LogP contribution in [0.1, 0.15) is 46.3 Å². The molecule has 0 aliphatic carbocycles. The van der Waals surface area contributed by atoms with Gasteiger partial charge in [0, 0.05) is 41.4 Å². The maximum atomic E-state index is 12.0. The Bertz CT molecular complexity index is 1270. The molecular weight excluding hydrogens is 418 g/mol. The molecule has 2 heterocycles. The summed E-state index contributed by atoms with van der Waals surface area (Å²) in [5.74, 6) is 6.52. The number of nitrogens with one attached hydrogen (secondary N) is 1. The predicted molar refractivity (Wildman–Crippen MR) is 125 cm³/mol. The number of primary amides is 1. The van der Waals surface area contributed by atoms with Gasteiger partial charge in [0.15, 0.2) is 0 Å². The van der Waals surface area contributed by atoms with Gasteiger partial charge in [-0.05, 0) is 37.6 Å². The van der Waals surface area contributed by atoms with Crippen LogP contribution in [0.2, 0.25) is 0 Å². The largest absolute Gasteiger partial charge is 0.496 e. The van der Waals surface area contributed by atoms with E-state index in [-0.39, 0.29) is 17.5 Å². The zero-order valence-corrected chi connectivity index (χ0v) is 18.6. The van der Waals surface area contributed by atoms with E-state index in [1.165, 1.54) is 7.11 Å². The lowest BCUT2D eigenvalue weighted by atomic mass is 10.0. The summed E-state index contributed by atoms with van der Waals surface area (Å²) in [7, 11) is 1.48. The van der Waals surface area contributed by atoms with Gasteiger partial charge in [0.25, 0.3) is 5.91 Å². The number of carbonyl (C=O) groups excluding carboxylic acids is 2. The van der Waals surface area contributed by atoms with Gasteiger partial charge >= 0.3 is 0 Å². The fourth-order valence-corrected chi connectivity index (χ4v) is 3.79. The lowest BCUT2D eigenvalue weighted by Gasteiger charge is -2.14. The van der Waals surface area contributed by atoms with E-state index in [1.807, 2.05) is 31.2 Å². The topological polar surface area (TPSA) is 104 Å². The Hall–Kier alpha value is -4.05. The number of carbonyl (C=O) groups is 2. The molecule has 0 spiro atoms. The van der Waals surface area contributed by atoms with Gasteiger partial charge in [-0.3, -0.25) is 9.59 Å². The van der Waals surface area contributed by atoms with Gasteiger partial charge in [-0.2, -0.15) is 0 Å². The molecule has 4 rings (SSSR count). The molecule has 3 aromatic rings. The van der Waals surface area contributed by atoms with Crippen LogP contribution in [0.5, 0.6) is 11.6 Å². The van der Waals surface area contributed by atoms with Gasteiger partial charge in [-0.25, -0.2) is 4.98 Å². The van der Waals surface area contributed by atoms with Crippen LogP contribution in [-0.4, -0.2) is 36.6 Å². The lowest BCUT2D eigenvalue weighted by molar-refractivity contribution is -0.119. The van der Waals surface area contributed by atoms with E-state index in [2.05, 4.69) is 22.1 Å². The molecule has 0 bridgehead atoms. The number of hydrogen-bond donors (Lipinski definition) is 2. The van der Waals surface area contributed by atoms with E-state index in [4.69, 9.17) is 15.2 Å². The minimum absolute atomic E-state index is 0.0730. The van der Waals surface area contributed by atoms with Crippen molar-refractivity contribution in [2.24, 2.45) is 5.73 Å². The molecule has 3 N–H and O–H groups in total. The minimum atomic E-state index is -0.595. The monoisotopic (exact) mass is 443 g/mol. The highest BCUT2D eigenvalue weighted by atomic mass is 16.5. The number of ether oxygens (including phenoxy) is 2. The third-order valence-corrected chi connectivity index (χ3v) is 5.62. The Labute approximate surface area is 192 Å². The Balaban J connectivity index is 1.70. The average molecular weight is 444 g/mol. The number of nitrogens with two attached hydrogens (primary N) is 1. The molecule has 1 aliphatic rings. The van der Waals surface area contributed by atoms with Crippen LogP contribution in [0, 0.1) is 18.8 Å². The van der Waals surface area contributed by atoms with Crippen molar-refractivity contribution in [3.63, 3.8) is 0 Å². The molecule has 1 fully saturated rings. The summed E-state index contributed by atoms with van der Waals surface area (Å²) in [5, 5.41) is 4.30. The number of aryl methyl sites for hydroxylation is 1. The zero-order valence-electron chi connectivity index (χ0n) is 18.6. The van der Waals surface area contributed by atoms with Gasteiger partial charge < -0.3 is 20.5 Å². The molecule has 0 saturated carbocycles. The first-order valence-electron chi connectivity index (χ1n) is 10.8. The number of amides is 2. The number of methoxy groups -OCH3 is 1. The highest BCUT2D eigenvalue weighted by molar-refractivity contribution is 6.03. The summed E-state index contributed by atoms with van der Waals surface area (Å²) in [6.07, 6.45) is 3.67. The van der Waals surface area contributed by atoms with Crippen LogP contribution in [0.15, 0.2) is 42.6 Å². The lowest BCUT2D eigenvalue weighted by Crippen LogP contribution is -2.26. The number of pyridine rings is 1. The number of fused-ring (bicyclic) bond motifs is 1. The van der Waals surface area contributed by atoms with E-state index in [0.29, 0.717) is 47.4 Å². The summed E-state index contributed by atoms with van der Waals surface area (Å²) in [6, 6.07) is 11.4. The maximum absolute atomic E-state index is 12.0. The summed E-state index contributed by atoms with van der Waals surface area (Å²) in [5.41, 5.74) is 8.51. The number of rotatable bonds is 6. The Morgan fingerprint density at radius 2 is 2.00 bits per heavy atom. The molecule has 2 aromatic carbocycles. The molecule has 1 aromatic heterocycles. The van der Waals surface area contributed by atoms with E-state index >= 15 is 0 Å². The predicted octanol–water partition coefficient (Wildman–Crippen LogP) is 3.10. The van der Waals surface area contributed by atoms with Crippen LogP contribution in [0.25, 0.3) is 10.8 Å². The average Bonchev–Trinajstić information content (AvgIpc) is 3.23. The quantitative estimate of drug-likeness (QED) is 0.570. The van der Waals surface area contributed by atoms with Crippen molar-refractivity contribution in [3.8, 4) is 23.5 Å². The molecule has 1 aliphatic heterocycles. The van der Waals surface area contributed by atoms with Gasteiger partial charge in [0.2, 0.25) is 11.8 Å². The van der Waals surface area contributed by atoms with Crippen LogP contribution in [0.4, 0.5) is 0 Å². The first-order chi connectivity index (χ1) is 15.9. The number of aromatic nitrogens is 1. The highest BCUT2D eigenvalue weighted by Gasteiger charge is 2.21. The van der Waals surface area contributed by atoms with Crippen molar-refractivity contribution in [1.29, 1.82) is 0 Å². The summed E-state index contributed by atoms with van der Waals surface area (Å²) < 4.78 is 11.3. The molecule has 1 atom stereocenters. The molecule has 1 saturated heterocycles. The number of nitrogens with zero attached hydrogens (tertiary/aromatic N) is 1. The molecule has 2 amide bonds. The SMILES string of the molecule is COc1cc2c(OCC[C@@H]3CCC(=O)N3)ncc(C#Cc3ccc(C)cc3)c2cc1C(N)=O. The smallest absolute Gasteiger partial charge is 0.252 e. The molecule has 7 nitrogen and oxygen atoms in total. The van der Waals surface area contributed by atoms with Gasteiger partial charge in [0.1, 0.15) is 5.75 Å². The summed E-state index contributed by atoms with van der Waals surface area (Å²) in [4.78, 5) is 27.9. The van der Waals surface area contributed by atoms with Crippen molar-refractivity contribution in [2.45, 2.75) is 32.2 Å². The number of hydrogen-bond acceptors (Lipinski definition) is 5. The first-order valence-corrected chi connectivity index (χ1v) is 10.8. The first kappa shape index (κ1) is 22.2. The Morgan fingerprint density at radius 3 is 2.67 bits per heavy atom. The third kappa shape index (κ3) is 5.07. The van der Waals surface area contributed by atoms with E-state index in [9.17, 15) is 9.59 Å². The normalized spacial score (nSPS) is 15.0. The fraction of sp³-hybridized carbons (Fsp3) is 0.269. The second-order valence-electron chi connectivity index (χ2n) is 8.00. The molecule has 0 radical (unpaired) electrons. The second-order valence-corrected chi connectivity index (χ2v) is 8.00. The van der Waals surface area contributed by atoms with Crippen molar-refractivity contribution < 1.29 is 19.1 Å². The maximum Gasteiger partial charge on any atom is 0.252 e. The van der Waals surface area contributed by atoms with Gasteiger partial charge in [-0.1, -0.05) is 29.5 Å². The van der Waals surface area contributed by atoms with Crippen LogP contribution >= 0.6 is 0 Å². The second kappa shape index (κ2) is 9.61. The number of benzene rings is 2. The minimum Gasteiger partial charge on any atom is -0.496 e.